The number of Topliss-reactive ketones (excluding diaryl/α,β-unsaturated/α-hetero) is 1. The molecule has 0 spiro atoms. The molecule has 3 heteroatoms. The predicted molar refractivity (Wildman–Crippen MR) is 143 cm³/mol. The van der Waals surface area contributed by atoms with E-state index in [-0.39, 0.29) is 17.0 Å². The van der Waals surface area contributed by atoms with Crippen molar-refractivity contribution in [1.82, 2.24) is 0 Å². The monoisotopic (exact) mass is 454 g/mol. The lowest BCUT2D eigenvalue weighted by Crippen LogP contribution is -2.06. The van der Waals surface area contributed by atoms with Crippen LogP contribution in [-0.4, -0.2) is 10.9 Å². The molecule has 0 bridgehead atoms. The third kappa shape index (κ3) is 7.63. The van der Waals surface area contributed by atoms with Gasteiger partial charge in [0, 0.05) is 11.1 Å². The van der Waals surface area contributed by atoms with Gasteiger partial charge in [0.2, 0.25) is 0 Å². The predicted octanol–water partition coefficient (Wildman–Crippen LogP) is 8.80. The van der Waals surface area contributed by atoms with E-state index in [0.717, 1.165) is 11.1 Å². The Morgan fingerprint density at radius 3 is 1.88 bits per heavy atom. The molecule has 34 heavy (non-hydrogen) atoms. The molecule has 0 atom stereocenters. The summed E-state index contributed by atoms with van der Waals surface area (Å²) in [6.45, 7) is 17.7. The van der Waals surface area contributed by atoms with Crippen LogP contribution in [0.3, 0.4) is 0 Å². The molecular weight excluding hydrogens is 420 g/mol. The third-order valence-electron chi connectivity index (χ3n) is 5.29. The summed E-state index contributed by atoms with van der Waals surface area (Å²) in [5.74, 6) is 1.11. The summed E-state index contributed by atoms with van der Waals surface area (Å²) in [5, 5.41) is 9.22. The first-order chi connectivity index (χ1) is 16.0. The first-order valence-corrected chi connectivity index (χ1v) is 11.2. The van der Waals surface area contributed by atoms with Gasteiger partial charge < -0.3 is 9.84 Å². The van der Waals surface area contributed by atoms with Crippen LogP contribution >= 0.6 is 0 Å². The van der Waals surface area contributed by atoms with E-state index in [1.807, 2.05) is 30.3 Å². The molecule has 0 unspecified atom stereocenters. The lowest BCUT2D eigenvalue weighted by Gasteiger charge is -2.19. The Morgan fingerprint density at radius 2 is 1.44 bits per heavy atom. The number of hydrogen-bond acceptors (Lipinski definition) is 3. The van der Waals surface area contributed by atoms with Gasteiger partial charge in [-0.25, -0.2) is 0 Å². The highest BCUT2D eigenvalue weighted by atomic mass is 16.5. The van der Waals surface area contributed by atoms with Crippen molar-refractivity contribution in [2.45, 2.75) is 34.6 Å². The normalized spacial score (nSPS) is 13.1. The van der Waals surface area contributed by atoms with Crippen LogP contribution in [0.1, 0.15) is 50.5 Å². The highest BCUT2D eigenvalue weighted by Gasteiger charge is 2.13. The molecule has 0 radical (unpaired) electrons. The summed E-state index contributed by atoms with van der Waals surface area (Å²) in [7, 11) is 0. The maximum atomic E-state index is 12.6. The van der Waals surface area contributed by atoms with Crippen LogP contribution in [-0.2, 0) is 0 Å². The van der Waals surface area contributed by atoms with Crippen molar-refractivity contribution in [3.05, 3.63) is 126 Å². The SMILES string of the molecule is C=C/C(=C\C=C(/C)c1ccc(Oc2ccc(C(=O)C(/C=C\C(=C)O)=C/C)cc2)cc1)C(C)(C)C. The van der Waals surface area contributed by atoms with Crippen LogP contribution in [0.25, 0.3) is 5.57 Å². The fraction of sp³-hybridized carbons (Fsp3) is 0.194. The maximum Gasteiger partial charge on any atom is 0.192 e. The molecular formula is C31H34O3. The smallest absolute Gasteiger partial charge is 0.192 e. The summed E-state index contributed by atoms with van der Waals surface area (Å²) in [6.07, 6.45) is 10.8. The van der Waals surface area contributed by atoms with Gasteiger partial charge in [-0.1, -0.05) is 70.4 Å². The Bertz CT molecular complexity index is 1150. The number of carbonyl (C=O) groups excluding carboxylic acids is 1. The number of hydrogen-bond donors (Lipinski definition) is 1. The molecule has 1 N–H and O–H groups in total. The van der Waals surface area contributed by atoms with Crippen molar-refractivity contribution < 1.29 is 14.6 Å². The van der Waals surface area contributed by atoms with Gasteiger partial charge in [-0.3, -0.25) is 4.79 Å². The van der Waals surface area contributed by atoms with Crippen molar-refractivity contribution in [2.75, 3.05) is 0 Å². The van der Waals surface area contributed by atoms with E-state index in [0.29, 0.717) is 22.6 Å². The fourth-order valence-corrected chi connectivity index (χ4v) is 3.19. The Hall–Kier alpha value is -3.85. The van der Waals surface area contributed by atoms with Gasteiger partial charge in [-0.15, -0.1) is 0 Å². The molecule has 0 aliphatic heterocycles. The zero-order valence-electron chi connectivity index (χ0n) is 20.8. The molecule has 3 nitrogen and oxygen atoms in total. The van der Waals surface area contributed by atoms with E-state index in [4.69, 9.17) is 4.74 Å². The van der Waals surface area contributed by atoms with Crippen molar-refractivity contribution in [1.29, 1.82) is 0 Å². The lowest BCUT2D eigenvalue weighted by molar-refractivity contribution is 0.103. The van der Waals surface area contributed by atoms with E-state index in [2.05, 4.69) is 53.0 Å². The fourth-order valence-electron chi connectivity index (χ4n) is 3.19. The van der Waals surface area contributed by atoms with E-state index >= 15 is 0 Å². The molecule has 2 aromatic carbocycles. The van der Waals surface area contributed by atoms with Crippen molar-refractivity contribution in [2.24, 2.45) is 5.41 Å². The van der Waals surface area contributed by atoms with Gasteiger partial charge in [-0.05, 0) is 84.5 Å². The Labute approximate surface area is 203 Å². The summed E-state index contributed by atoms with van der Waals surface area (Å²) in [5.41, 5.74) is 4.50. The Morgan fingerprint density at radius 1 is 0.912 bits per heavy atom. The Kier molecular flexibility index (Phi) is 9.20. The van der Waals surface area contributed by atoms with Gasteiger partial charge >= 0.3 is 0 Å². The van der Waals surface area contributed by atoms with Crippen LogP contribution < -0.4 is 4.74 Å². The van der Waals surface area contributed by atoms with Gasteiger partial charge in [-0.2, -0.15) is 0 Å². The standard InChI is InChI=1S/C31H34O3/c1-8-24(12-11-23(4)32)30(33)26-15-20-29(21-16-26)34-28-18-13-25(14-19-28)22(3)10-17-27(9-2)31(5,6)7/h8-21,32H,2,4H2,1,3,5-7H3/b12-11-,22-10+,24-8+,27-17+. The van der Waals surface area contributed by atoms with Crippen LogP contribution in [0.4, 0.5) is 0 Å². The van der Waals surface area contributed by atoms with Crippen molar-refractivity contribution >= 4 is 11.4 Å². The maximum absolute atomic E-state index is 12.6. The van der Waals surface area contributed by atoms with Crippen LogP contribution in [0.5, 0.6) is 11.5 Å². The molecule has 176 valence electrons. The number of aliphatic hydroxyl groups is 1. The molecule has 0 aliphatic rings. The summed E-state index contributed by atoms with van der Waals surface area (Å²) < 4.78 is 5.94. The third-order valence-corrected chi connectivity index (χ3v) is 5.29. The van der Waals surface area contributed by atoms with Gasteiger partial charge in [0.1, 0.15) is 17.3 Å². The first kappa shape index (κ1) is 26.4. The second-order valence-corrected chi connectivity index (χ2v) is 8.97. The van der Waals surface area contributed by atoms with Gasteiger partial charge in [0.05, 0.1) is 0 Å². The van der Waals surface area contributed by atoms with Crippen LogP contribution in [0.2, 0.25) is 0 Å². The molecule has 2 rings (SSSR count). The minimum Gasteiger partial charge on any atom is -0.509 e. The molecule has 0 aromatic heterocycles. The number of ether oxygens (including phenoxy) is 1. The van der Waals surface area contributed by atoms with Gasteiger partial charge in [0.25, 0.3) is 0 Å². The number of aliphatic hydroxyl groups excluding tert-OH is 1. The van der Waals surface area contributed by atoms with Crippen LogP contribution in [0.15, 0.2) is 115 Å². The number of carbonyl (C=O) groups is 1. The molecule has 0 amide bonds. The molecule has 0 heterocycles. The number of ketones is 1. The average Bonchev–Trinajstić information content (AvgIpc) is 2.79. The summed E-state index contributed by atoms with van der Waals surface area (Å²) in [6, 6.07) is 14.9. The largest absolute Gasteiger partial charge is 0.509 e. The number of allylic oxidation sites excluding steroid dienone is 9. The highest BCUT2D eigenvalue weighted by Crippen LogP contribution is 2.28. The quantitative estimate of drug-likeness (QED) is 0.178. The molecule has 2 aromatic rings. The number of rotatable bonds is 9. The second kappa shape index (κ2) is 11.9. The van der Waals surface area contributed by atoms with Crippen molar-refractivity contribution in [3.8, 4) is 11.5 Å². The first-order valence-electron chi connectivity index (χ1n) is 11.2. The minimum absolute atomic E-state index is 0.0516. The van der Waals surface area contributed by atoms with E-state index in [9.17, 15) is 9.90 Å². The molecule has 0 fully saturated rings. The summed E-state index contributed by atoms with van der Waals surface area (Å²) >= 11 is 0. The molecule has 0 aliphatic carbocycles. The molecule has 0 saturated heterocycles. The zero-order chi connectivity index (χ0) is 25.3. The highest BCUT2D eigenvalue weighted by molar-refractivity contribution is 6.10. The Balaban J connectivity index is 2.10. The average molecular weight is 455 g/mol. The minimum atomic E-state index is -0.140. The number of benzene rings is 2. The van der Waals surface area contributed by atoms with Gasteiger partial charge in [0.15, 0.2) is 5.78 Å². The zero-order valence-corrected chi connectivity index (χ0v) is 20.8. The van der Waals surface area contributed by atoms with Crippen LogP contribution in [0, 0.1) is 5.41 Å². The molecule has 0 saturated carbocycles. The topological polar surface area (TPSA) is 46.5 Å². The van der Waals surface area contributed by atoms with E-state index in [1.54, 1.807) is 43.3 Å². The lowest BCUT2D eigenvalue weighted by atomic mass is 9.86. The second-order valence-electron chi connectivity index (χ2n) is 8.97. The van der Waals surface area contributed by atoms with E-state index < -0.39 is 0 Å². The van der Waals surface area contributed by atoms with E-state index in [1.165, 1.54) is 11.6 Å². The summed E-state index contributed by atoms with van der Waals surface area (Å²) in [4.78, 5) is 12.6. The van der Waals surface area contributed by atoms with Crippen molar-refractivity contribution in [3.63, 3.8) is 0 Å².